The number of thioether (sulfide) groups is 1. The van der Waals surface area contributed by atoms with Crippen molar-refractivity contribution < 1.29 is 9.90 Å². The highest BCUT2D eigenvalue weighted by molar-refractivity contribution is 7.99. The Morgan fingerprint density at radius 2 is 2.33 bits per heavy atom. The fourth-order valence-electron chi connectivity index (χ4n) is 1.62. The van der Waals surface area contributed by atoms with Crippen molar-refractivity contribution >= 4 is 23.4 Å². The van der Waals surface area contributed by atoms with Crippen molar-refractivity contribution in [3.8, 4) is 6.07 Å². The van der Waals surface area contributed by atoms with Crippen molar-refractivity contribution in [2.45, 2.75) is 31.2 Å². The second-order valence-corrected chi connectivity index (χ2v) is 5.17. The van der Waals surface area contributed by atoms with Crippen molar-refractivity contribution in [3.05, 3.63) is 23.8 Å². The van der Waals surface area contributed by atoms with E-state index in [9.17, 15) is 10.1 Å². The van der Waals surface area contributed by atoms with Gasteiger partial charge < -0.3 is 10.4 Å². The molecule has 0 bridgehead atoms. The van der Waals surface area contributed by atoms with Crippen LogP contribution in [-0.4, -0.2) is 22.9 Å². The van der Waals surface area contributed by atoms with Gasteiger partial charge in [-0.2, -0.15) is 5.26 Å². The normalized spacial score (nSPS) is 11.6. The van der Waals surface area contributed by atoms with Crippen LogP contribution in [0, 0.1) is 11.3 Å². The Balaban J connectivity index is 2.92. The Morgan fingerprint density at radius 1 is 1.61 bits per heavy atom. The fourth-order valence-corrected chi connectivity index (χ4v) is 2.41. The molecule has 0 fully saturated rings. The van der Waals surface area contributed by atoms with Gasteiger partial charge in [-0.25, -0.2) is 0 Å². The van der Waals surface area contributed by atoms with Crippen molar-refractivity contribution in [3.63, 3.8) is 0 Å². The summed E-state index contributed by atoms with van der Waals surface area (Å²) < 4.78 is 0. The van der Waals surface area contributed by atoms with Crippen LogP contribution in [0.3, 0.4) is 0 Å². The minimum Gasteiger partial charge on any atom is -0.481 e. The molecule has 0 saturated heterocycles. The number of hydrogen-bond acceptors (Lipinski definition) is 4. The summed E-state index contributed by atoms with van der Waals surface area (Å²) in [5.41, 5.74) is 1.28. The lowest BCUT2D eigenvalue weighted by molar-refractivity contribution is -0.137. The maximum Gasteiger partial charge on any atom is 0.305 e. The zero-order valence-electron chi connectivity index (χ0n) is 10.4. The van der Waals surface area contributed by atoms with Crippen LogP contribution < -0.4 is 5.32 Å². The van der Waals surface area contributed by atoms with E-state index in [1.54, 1.807) is 24.8 Å². The molecule has 1 aromatic rings. The van der Waals surface area contributed by atoms with Crippen molar-refractivity contribution in [1.82, 2.24) is 0 Å². The van der Waals surface area contributed by atoms with E-state index in [0.29, 0.717) is 11.3 Å². The Kier molecular flexibility index (Phi) is 5.53. The van der Waals surface area contributed by atoms with Gasteiger partial charge in [0, 0.05) is 10.9 Å². The van der Waals surface area contributed by atoms with Gasteiger partial charge in [0.05, 0.1) is 17.7 Å². The first-order valence-corrected chi connectivity index (χ1v) is 6.71. The highest BCUT2D eigenvalue weighted by Gasteiger charge is 2.12. The monoisotopic (exact) mass is 264 g/mol. The van der Waals surface area contributed by atoms with E-state index in [2.05, 4.69) is 11.4 Å². The molecule has 1 rings (SSSR count). The van der Waals surface area contributed by atoms with Gasteiger partial charge in [0.2, 0.25) is 0 Å². The number of carbonyl (C=O) groups is 1. The van der Waals surface area contributed by atoms with E-state index in [1.165, 1.54) is 0 Å². The molecule has 1 atom stereocenters. The third-order valence-electron chi connectivity index (χ3n) is 2.32. The summed E-state index contributed by atoms with van der Waals surface area (Å²) in [6.07, 6.45) is 0.0238. The number of nitrogens with zero attached hydrogens (tertiary/aromatic N) is 1. The predicted octanol–water partition coefficient (Wildman–Crippen LogP) is 2.95. The molecule has 0 saturated carbocycles. The van der Waals surface area contributed by atoms with Gasteiger partial charge in [-0.05, 0) is 24.8 Å². The molecule has 0 aromatic heterocycles. The standard InChI is InChI=1S/C13H16N2O2S/c1-3-18-12-6-4-5-11(10(12)8-14)15-9(2)7-13(16)17/h4-6,9,15H,3,7H2,1-2H3,(H,16,17). The molecule has 1 aromatic carbocycles. The molecule has 0 amide bonds. The van der Waals surface area contributed by atoms with Crippen LogP contribution >= 0.6 is 11.8 Å². The summed E-state index contributed by atoms with van der Waals surface area (Å²) in [4.78, 5) is 11.5. The van der Waals surface area contributed by atoms with E-state index in [1.807, 2.05) is 19.1 Å². The molecule has 0 heterocycles. The van der Waals surface area contributed by atoms with Crippen molar-refractivity contribution in [2.75, 3.05) is 11.1 Å². The molecule has 1 unspecified atom stereocenters. The van der Waals surface area contributed by atoms with Gasteiger partial charge in [0.15, 0.2) is 0 Å². The van der Waals surface area contributed by atoms with E-state index < -0.39 is 5.97 Å². The highest BCUT2D eigenvalue weighted by Crippen LogP contribution is 2.28. The highest BCUT2D eigenvalue weighted by atomic mass is 32.2. The summed E-state index contributed by atoms with van der Waals surface area (Å²) in [6.45, 7) is 3.81. The van der Waals surface area contributed by atoms with Gasteiger partial charge >= 0.3 is 5.97 Å². The van der Waals surface area contributed by atoms with Gasteiger partial charge in [0.25, 0.3) is 0 Å². The van der Waals surface area contributed by atoms with Crippen LogP contribution in [0.2, 0.25) is 0 Å². The van der Waals surface area contributed by atoms with Gasteiger partial charge in [0.1, 0.15) is 6.07 Å². The molecule has 0 aliphatic carbocycles. The summed E-state index contributed by atoms with van der Waals surface area (Å²) in [7, 11) is 0. The molecule has 4 nitrogen and oxygen atoms in total. The molecule has 0 aliphatic heterocycles. The first-order valence-electron chi connectivity index (χ1n) is 5.72. The summed E-state index contributed by atoms with van der Waals surface area (Å²) in [6, 6.07) is 7.54. The third-order valence-corrected chi connectivity index (χ3v) is 3.26. The topological polar surface area (TPSA) is 73.1 Å². The Labute approximate surface area is 111 Å². The molecule has 0 aliphatic rings. The molecule has 18 heavy (non-hydrogen) atoms. The van der Waals surface area contributed by atoms with Crippen LogP contribution in [0.4, 0.5) is 5.69 Å². The van der Waals surface area contributed by atoms with Gasteiger partial charge in [-0.1, -0.05) is 13.0 Å². The molecular formula is C13H16N2O2S. The second kappa shape index (κ2) is 6.92. The zero-order chi connectivity index (χ0) is 13.5. The van der Waals surface area contributed by atoms with Crippen LogP contribution in [0.15, 0.2) is 23.1 Å². The lowest BCUT2D eigenvalue weighted by atomic mass is 10.1. The SMILES string of the molecule is CCSc1cccc(NC(C)CC(=O)O)c1C#N. The third kappa shape index (κ3) is 3.97. The number of benzene rings is 1. The second-order valence-electron chi connectivity index (χ2n) is 3.87. The molecular weight excluding hydrogens is 248 g/mol. The quantitative estimate of drug-likeness (QED) is 0.773. The first kappa shape index (κ1) is 14.4. The number of anilines is 1. The zero-order valence-corrected chi connectivity index (χ0v) is 11.3. The molecule has 2 N–H and O–H groups in total. The Hall–Kier alpha value is -1.67. The molecule has 5 heteroatoms. The van der Waals surface area contributed by atoms with Crippen LogP contribution in [0.5, 0.6) is 0 Å². The Morgan fingerprint density at radius 3 is 2.89 bits per heavy atom. The van der Waals surface area contributed by atoms with Crippen molar-refractivity contribution in [2.24, 2.45) is 0 Å². The largest absolute Gasteiger partial charge is 0.481 e. The van der Waals surface area contributed by atoms with E-state index in [-0.39, 0.29) is 12.5 Å². The number of rotatable bonds is 6. The number of nitrogens with one attached hydrogen (secondary N) is 1. The van der Waals surface area contributed by atoms with Crippen LogP contribution in [0.1, 0.15) is 25.8 Å². The number of aliphatic carboxylic acids is 1. The minimum atomic E-state index is -0.854. The lowest BCUT2D eigenvalue weighted by Crippen LogP contribution is -2.19. The van der Waals surface area contributed by atoms with E-state index in [4.69, 9.17) is 5.11 Å². The number of carboxylic acids is 1. The number of nitriles is 1. The maximum atomic E-state index is 10.6. The number of carboxylic acid groups (broad SMARTS) is 1. The first-order chi connectivity index (χ1) is 8.58. The summed E-state index contributed by atoms with van der Waals surface area (Å²) in [5, 5.41) is 21.0. The molecule has 0 radical (unpaired) electrons. The number of hydrogen-bond donors (Lipinski definition) is 2. The van der Waals surface area contributed by atoms with Gasteiger partial charge in [-0.15, -0.1) is 11.8 Å². The Bertz CT molecular complexity index is 469. The molecule has 96 valence electrons. The molecule has 0 spiro atoms. The smallest absolute Gasteiger partial charge is 0.305 e. The maximum absolute atomic E-state index is 10.6. The van der Waals surface area contributed by atoms with Gasteiger partial charge in [-0.3, -0.25) is 4.79 Å². The van der Waals surface area contributed by atoms with Crippen LogP contribution in [0.25, 0.3) is 0 Å². The summed E-state index contributed by atoms with van der Waals surface area (Å²) in [5.74, 6) is 0.0376. The van der Waals surface area contributed by atoms with Crippen molar-refractivity contribution in [1.29, 1.82) is 5.26 Å². The average molecular weight is 264 g/mol. The minimum absolute atomic E-state index is 0.0238. The average Bonchev–Trinajstić information content (AvgIpc) is 2.28. The predicted molar refractivity (Wildman–Crippen MR) is 72.9 cm³/mol. The van der Waals surface area contributed by atoms with E-state index in [0.717, 1.165) is 10.6 Å². The van der Waals surface area contributed by atoms with E-state index >= 15 is 0 Å². The van der Waals surface area contributed by atoms with Crippen LogP contribution in [-0.2, 0) is 4.79 Å². The fraction of sp³-hybridized carbons (Fsp3) is 0.385. The lowest BCUT2D eigenvalue weighted by Gasteiger charge is -2.15. The summed E-state index contributed by atoms with van der Waals surface area (Å²) >= 11 is 1.60.